The molecule has 0 radical (unpaired) electrons. The van der Waals surface area contributed by atoms with Gasteiger partial charge in [-0.1, -0.05) is 19.1 Å². The molecule has 1 fully saturated rings. The van der Waals surface area contributed by atoms with Crippen LogP contribution in [0.2, 0.25) is 0 Å². The standard InChI is InChI=1S/C13H16N2O3S/c1-2-9-3-5-10(6-4-9)14-13(18)15-8-19-7-11(15)12(16)17/h3-6,11H,2,7-8H2,1H3,(H,14,18)(H,16,17)/t11-/m0/s1. The molecule has 1 aromatic rings. The quantitative estimate of drug-likeness (QED) is 0.891. The molecule has 0 spiro atoms. The number of urea groups is 1. The third-order valence-corrected chi connectivity index (χ3v) is 4.05. The minimum absolute atomic E-state index is 0.360. The summed E-state index contributed by atoms with van der Waals surface area (Å²) < 4.78 is 0. The van der Waals surface area contributed by atoms with Gasteiger partial charge >= 0.3 is 12.0 Å². The van der Waals surface area contributed by atoms with Gasteiger partial charge in [0.1, 0.15) is 6.04 Å². The second-order valence-corrected chi connectivity index (χ2v) is 5.30. The van der Waals surface area contributed by atoms with E-state index in [2.05, 4.69) is 12.2 Å². The van der Waals surface area contributed by atoms with E-state index in [9.17, 15) is 9.59 Å². The Hall–Kier alpha value is -1.69. The molecule has 102 valence electrons. The van der Waals surface area contributed by atoms with E-state index < -0.39 is 12.0 Å². The molecule has 0 aliphatic carbocycles. The molecule has 2 amide bonds. The van der Waals surface area contributed by atoms with E-state index >= 15 is 0 Å². The second kappa shape index (κ2) is 5.97. The summed E-state index contributed by atoms with van der Waals surface area (Å²) in [6.07, 6.45) is 0.943. The molecular weight excluding hydrogens is 264 g/mol. The maximum atomic E-state index is 12.0. The monoisotopic (exact) mass is 280 g/mol. The molecule has 1 aromatic carbocycles. The number of carbonyl (C=O) groups excluding carboxylic acids is 1. The first-order chi connectivity index (χ1) is 9.11. The fraction of sp³-hybridized carbons (Fsp3) is 0.385. The molecule has 2 N–H and O–H groups in total. The number of hydrogen-bond donors (Lipinski definition) is 2. The summed E-state index contributed by atoms with van der Waals surface area (Å²) in [7, 11) is 0. The lowest BCUT2D eigenvalue weighted by molar-refractivity contribution is -0.140. The lowest BCUT2D eigenvalue weighted by Gasteiger charge is -2.20. The Morgan fingerprint density at radius 2 is 2.11 bits per heavy atom. The van der Waals surface area contributed by atoms with Gasteiger partial charge in [-0.2, -0.15) is 0 Å². The Balaban J connectivity index is 2.01. The van der Waals surface area contributed by atoms with Gasteiger partial charge in [-0.3, -0.25) is 0 Å². The van der Waals surface area contributed by atoms with Crippen LogP contribution >= 0.6 is 11.8 Å². The second-order valence-electron chi connectivity index (χ2n) is 4.30. The first-order valence-electron chi connectivity index (χ1n) is 6.09. The van der Waals surface area contributed by atoms with Crippen LogP contribution in [0.5, 0.6) is 0 Å². The summed E-state index contributed by atoms with van der Waals surface area (Å²) >= 11 is 1.45. The maximum absolute atomic E-state index is 12.0. The van der Waals surface area contributed by atoms with Gasteiger partial charge in [0, 0.05) is 11.4 Å². The topological polar surface area (TPSA) is 69.6 Å². The Bertz CT molecular complexity index is 475. The van der Waals surface area contributed by atoms with Crippen molar-refractivity contribution >= 4 is 29.4 Å². The number of aryl methyl sites for hydroxylation is 1. The minimum Gasteiger partial charge on any atom is -0.480 e. The first-order valence-corrected chi connectivity index (χ1v) is 7.24. The highest BCUT2D eigenvalue weighted by atomic mass is 32.2. The number of thioether (sulfide) groups is 1. The molecule has 1 aliphatic heterocycles. The summed E-state index contributed by atoms with van der Waals surface area (Å²) in [4.78, 5) is 24.4. The van der Waals surface area contributed by atoms with Crippen molar-refractivity contribution in [2.75, 3.05) is 16.9 Å². The number of aliphatic carboxylic acids is 1. The van der Waals surface area contributed by atoms with Crippen LogP contribution in [0.15, 0.2) is 24.3 Å². The number of benzene rings is 1. The van der Waals surface area contributed by atoms with Gasteiger partial charge in [-0.25, -0.2) is 9.59 Å². The number of carboxylic acid groups (broad SMARTS) is 1. The summed E-state index contributed by atoms with van der Waals surface area (Å²) in [5.41, 5.74) is 1.88. The van der Waals surface area contributed by atoms with Gasteiger partial charge in [0.2, 0.25) is 0 Å². The number of amides is 2. The molecule has 1 heterocycles. The number of nitrogens with zero attached hydrogens (tertiary/aromatic N) is 1. The Labute approximate surface area is 116 Å². The number of anilines is 1. The van der Waals surface area contributed by atoms with Crippen molar-refractivity contribution in [3.8, 4) is 0 Å². The lowest BCUT2D eigenvalue weighted by Crippen LogP contribution is -2.43. The fourth-order valence-electron chi connectivity index (χ4n) is 1.87. The number of hydrogen-bond acceptors (Lipinski definition) is 3. The van der Waals surface area contributed by atoms with Crippen molar-refractivity contribution in [1.82, 2.24) is 4.90 Å². The summed E-state index contributed by atoms with van der Waals surface area (Å²) in [5.74, 6) is -0.102. The predicted molar refractivity (Wildman–Crippen MR) is 75.4 cm³/mol. The Morgan fingerprint density at radius 1 is 1.42 bits per heavy atom. The van der Waals surface area contributed by atoms with E-state index in [1.165, 1.54) is 22.2 Å². The molecule has 0 aromatic heterocycles. The summed E-state index contributed by atoms with van der Waals surface area (Å²) in [6, 6.07) is 6.46. The molecule has 6 heteroatoms. The van der Waals surface area contributed by atoms with Crippen molar-refractivity contribution in [2.24, 2.45) is 0 Å². The van der Waals surface area contributed by atoms with E-state index in [0.717, 1.165) is 6.42 Å². The highest BCUT2D eigenvalue weighted by Gasteiger charge is 2.34. The molecule has 19 heavy (non-hydrogen) atoms. The molecule has 2 rings (SSSR count). The fourth-order valence-corrected chi connectivity index (χ4v) is 3.01. The summed E-state index contributed by atoms with van der Waals surface area (Å²) in [5, 5.41) is 11.8. The van der Waals surface area contributed by atoms with Crippen LogP contribution in [-0.2, 0) is 11.2 Å². The van der Waals surface area contributed by atoms with Gasteiger partial charge in [0.05, 0.1) is 5.88 Å². The Kier molecular flexibility index (Phi) is 4.31. The number of carboxylic acids is 1. The lowest BCUT2D eigenvalue weighted by atomic mass is 10.1. The van der Waals surface area contributed by atoms with Gasteiger partial charge in [-0.05, 0) is 24.1 Å². The van der Waals surface area contributed by atoms with Crippen LogP contribution in [-0.4, -0.2) is 39.7 Å². The van der Waals surface area contributed by atoms with E-state index in [4.69, 9.17) is 5.11 Å². The average molecular weight is 280 g/mol. The number of nitrogens with one attached hydrogen (secondary N) is 1. The Morgan fingerprint density at radius 3 is 2.68 bits per heavy atom. The molecule has 0 bridgehead atoms. The maximum Gasteiger partial charge on any atom is 0.327 e. The minimum atomic E-state index is -0.957. The zero-order valence-corrected chi connectivity index (χ0v) is 11.4. The van der Waals surface area contributed by atoms with Crippen molar-refractivity contribution in [1.29, 1.82) is 0 Å². The van der Waals surface area contributed by atoms with Gasteiger partial charge in [0.15, 0.2) is 0 Å². The van der Waals surface area contributed by atoms with Gasteiger partial charge < -0.3 is 15.3 Å². The van der Waals surface area contributed by atoms with Gasteiger partial charge in [-0.15, -0.1) is 11.8 Å². The molecule has 0 unspecified atom stereocenters. The molecule has 1 saturated heterocycles. The molecule has 1 atom stereocenters. The molecule has 0 saturated carbocycles. The van der Waals surface area contributed by atoms with E-state index in [1.54, 1.807) is 0 Å². The largest absolute Gasteiger partial charge is 0.480 e. The molecular formula is C13H16N2O3S. The van der Waals surface area contributed by atoms with Gasteiger partial charge in [0.25, 0.3) is 0 Å². The van der Waals surface area contributed by atoms with E-state index in [1.807, 2.05) is 24.3 Å². The number of rotatable bonds is 3. The van der Waals surface area contributed by atoms with Crippen LogP contribution in [0.3, 0.4) is 0 Å². The SMILES string of the molecule is CCc1ccc(NC(=O)N2CSC[C@H]2C(=O)O)cc1. The highest BCUT2D eigenvalue weighted by molar-refractivity contribution is 7.99. The third kappa shape index (κ3) is 3.20. The summed E-state index contributed by atoms with van der Waals surface area (Å²) in [6.45, 7) is 2.06. The highest BCUT2D eigenvalue weighted by Crippen LogP contribution is 2.22. The van der Waals surface area contributed by atoms with Crippen molar-refractivity contribution in [3.63, 3.8) is 0 Å². The predicted octanol–water partition coefficient (Wildman–Crippen LogP) is 2.24. The van der Waals surface area contributed by atoms with Crippen molar-refractivity contribution in [3.05, 3.63) is 29.8 Å². The number of carbonyl (C=O) groups is 2. The first kappa shape index (κ1) is 13.7. The van der Waals surface area contributed by atoms with E-state index in [-0.39, 0.29) is 6.03 Å². The third-order valence-electron chi connectivity index (χ3n) is 3.04. The van der Waals surface area contributed by atoms with Crippen LogP contribution in [0.4, 0.5) is 10.5 Å². The van der Waals surface area contributed by atoms with E-state index in [0.29, 0.717) is 17.3 Å². The van der Waals surface area contributed by atoms with Crippen LogP contribution in [0.1, 0.15) is 12.5 Å². The zero-order chi connectivity index (χ0) is 13.8. The zero-order valence-electron chi connectivity index (χ0n) is 10.6. The normalized spacial score (nSPS) is 18.4. The van der Waals surface area contributed by atoms with Crippen LogP contribution < -0.4 is 5.32 Å². The molecule has 1 aliphatic rings. The molecule has 5 nitrogen and oxygen atoms in total. The van der Waals surface area contributed by atoms with Crippen LogP contribution in [0.25, 0.3) is 0 Å². The van der Waals surface area contributed by atoms with Crippen LogP contribution in [0, 0.1) is 0 Å². The smallest absolute Gasteiger partial charge is 0.327 e. The average Bonchev–Trinajstić information content (AvgIpc) is 2.89. The van der Waals surface area contributed by atoms with Crippen molar-refractivity contribution < 1.29 is 14.7 Å². The van der Waals surface area contributed by atoms with Crippen molar-refractivity contribution in [2.45, 2.75) is 19.4 Å².